The van der Waals surface area contributed by atoms with E-state index in [9.17, 15) is 13.2 Å². The second-order valence-electron chi connectivity index (χ2n) is 8.24. The molecule has 1 aromatic heterocycles. The third-order valence-electron chi connectivity index (χ3n) is 5.31. The number of imidazole rings is 1. The number of hydrogen-bond donors (Lipinski definition) is 0. The van der Waals surface area contributed by atoms with E-state index >= 15 is 0 Å². The molecule has 0 radical (unpaired) electrons. The van der Waals surface area contributed by atoms with Crippen LogP contribution in [0, 0.1) is 6.92 Å². The quantitative estimate of drug-likeness (QED) is 0.277. The number of benzene rings is 2. The molecule has 2 aromatic carbocycles. The number of aryl methyl sites for hydroxylation is 1. The van der Waals surface area contributed by atoms with E-state index in [1.165, 1.54) is 0 Å². The number of aromatic nitrogens is 2. The predicted octanol–water partition coefficient (Wildman–Crippen LogP) is 5.34. The van der Waals surface area contributed by atoms with E-state index in [4.69, 9.17) is 25.3 Å². The summed E-state index contributed by atoms with van der Waals surface area (Å²) < 4.78 is 43.1. The molecule has 10 heteroatoms. The zero-order chi connectivity index (χ0) is 25.9. The molecule has 0 spiro atoms. The van der Waals surface area contributed by atoms with E-state index in [0.29, 0.717) is 33.3 Å². The number of carbonyl (C=O) groups is 1. The number of hydrogen-bond acceptors (Lipinski definition) is 7. The van der Waals surface area contributed by atoms with Gasteiger partial charge in [0.1, 0.15) is 17.7 Å². The van der Waals surface area contributed by atoms with Crippen LogP contribution in [0.4, 0.5) is 0 Å². The van der Waals surface area contributed by atoms with Crippen molar-refractivity contribution in [3.05, 3.63) is 70.0 Å². The average molecular weight is 521 g/mol. The molecular formula is C25H29ClN2O6S. The lowest BCUT2D eigenvalue weighted by atomic mass is 9.99. The second kappa shape index (κ2) is 10.8. The molecule has 35 heavy (non-hydrogen) atoms. The van der Waals surface area contributed by atoms with Crippen LogP contribution >= 0.6 is 11.6 Å². The third kappa shape index (κ3) is 5.86. The first kappa shape index (κ1) is 26.7. The van der Waals surface area contributed by atoms with Crippen LogP contribution in [0.15, 0.2) is 42.5 Å². The first-order valence-electron chi connectivity index (χ1n) is 11.0. The summed E-state index contributed by atoms with van der Waals surface area (Å²) in [5.74, 6) is 0.278. The minimum absolute atomic E-state index is 0.0375. The number of methoxy groups -OCH3 is 1. The van der Waals surface area contributed by atoms with Crippen molar-refractivity contribution in [2.24, 2.45) is 0 Å². The van der Waals surface area contributed by atoms with E-state index in [2.05, 4.69) is 4.98 Å². The Bertz CT molecular complexity index is 1330. The standard InChI is InChI=1S/C25H29ClN2O6S/c1-7-33-25(29)21-22(23(34-35(6,30)31)18-13-12-17(26)14-16(18)4)28(15(2)3)24(27-21)19-10-8-9-11-20(19)32-5/h8-15,23H,7H2,1-6H3. The van der Waals surface area contributed by atoms with Crippen molar-refractivity contribution in [2.75, 3.05) is 20.0 Å². The highest BCUT2D eigenvalue weighted by atomic mass is 35.5. The molecular weight excluding hydrogens is 492 g/mol. The highest BCUT2D eigenvalue weighted by molar-refractivity contribution is 7.86. The third-order valence-corrected chi connectivity index (χ3v) is 6.09. The summed E-state index contributed by atoms with van der Waals surface area (Å²) in [6.45, 7) is 7.41. The molecule has 1 atom stereocenters. The van der Waals surface area contributed by atoms with Crippen molar-refractivity contribution in [1.29, 1.82) is 0 Å². The Morgan fingerprint density at radius 2 is 1.86 bits per heavy atom. The molecule has 3 rings (SSSR count). The lowest BCUT2D eigenvalue weighted by Crippen LogP contribution is -2.21. The minimum atomic E-state index is -3.96. The van der Waals surface area contributed by atoms with E-state index in [1.54, 1.807) is 49.8 Å². The van der Waals surface area contributed by atoms with Crippen molar-refractivity contribution < 1.29 is 26.9 Å². The van der Waals surface area contributed by atoms with Gasteiger partial charge in [0, 0.05) is 11.1 Å². The first-order chi connectivity index (χ1) is 16.5. The van der Waals surface area contributed by atoms with Gasteiger partial charge in [-0.25, -0.2) is 9.78 Å². The Morgan fingerprint density at radius 3 is 2.43 bits per heavy atom. The molecule has 0 fully saturated rings. The minimum Gasteiger partial charge on any atom is -0.496 e. The molecule has 8 nitrogen and oxygen atoms in total. The van der Waals surface area contributed by atoms with Crippen molar-refractivity contribution >= 4 is 27.7 Å². The molecule has 3 aromatic rings. The SMILES string of the molecule is CCOC(=O)c1nc(-c2ccccc2OC)n(C(C)C)c1C(OS(C)(=O)=O)c1ccc(Cl)cc1C. The predicted molar refractivity (Wildman–Crippen MR) is 135 cm³/mol. The van der Waals surface area contributed by atoms with Crippen LogP contribution in [0.5, 0.6) is 5.75 Å². The number of rotatable bonds is 9. The number of halogens is 1. The Balaban J connectivity index is 2.45. The van der Waals surface area contributed by atoms with Gasteiger partial charge in [-0.05, 0) is 63.1 Å². The lowest BCUT2D eigenvalue weighted by molar-refractivity contribution is 0.0514. The Morgan fingerprint density at radius 1 is 1.17 bits per heavy atom. The molecule has 0 amide bonds. The largest absolute Gasteiger partial charge is 0.496 e. The lowest BCUT2D eigenvalue weighted by Gasteiger charge is -2.24. The number of para-hydroxylation sites is 1. The van der Waals surface area contributed by atoms with Gasteiger partial charge in [-0.1, -0.05) is 29.8 Å². The summed E-state index contributed by atoms with van der Waals surface area (Å²) >= 11 is 6.16. The van der Waals surface area contributed by atoms with Gasteiger partial charge < -0.3 is 14.0 Å². The zero-order valence-corrected chi connectivity index (χ0v) is 22.1. The molecule has 1 heterocycles. The van der Waals surface area contributed by atoms with Crippen LogP contribution in [0.2, 0.25) is 5.02 Å². The van der Waals surface area contributed by atoms with Gasteiger partial charge in [0.05, 0.1) is 31.2 Å². The maximum Gasteiger partial charge on any atom is 0.358 e. The number of carbonyl (C=O) groups excluding carboxylic acids is 1. The van der Waals surface area contributed by atoms with E-state index in [0.717, 1.165) is 6.26 Å². The molecule has 0 aliphatic carbocycles. The maximum atomic E-state index is 13.1. The highest BCUT2D eigenvalue weighted by Crippen LogP contribution is 2.40. The first-order valence-corrected chi connectivity index (χ1v) is 13.2. The van der Waals surface area contributed by atoms with Crippen molar-refractivity contribution in [3.8, 4) is 17.1 Å². The van der Waals surface area contributed by atoms with Gasteiger partial charge in [-0.15, -0.1) is 0 Å². The number of ether oxygens (including phenoxy) is 2. The van der Waals surface area contributed by atoms with Crippen LogP contribution < -0.4 is 4.74 Å². The van der Waals surface area contributed by atoms with E-state index < -0.39 is 22.2 Å². The molecule has 0 bridgehead atoms. The van der Waals surface area contributed by atoms with Crippen LogP contribution in [0.3, 0.4) is 0 Å². The van der Waals surface area contributed by atoms with Crippen LogP contribution in [0.25, 0.3) is 11.4 Å². The highest BCUT2D eigenvalue weighted by Gasteiger charge is 2.35. The molecule has 0 N–H and O–H groups in total. The average Bonchev–Trinajstić information content (AvgIpc) is 3.18. The van der Waals surface area contributed by atoms with Crippen LogP contribution in [0.1, 0.15) is 60.2 Å². The normalized spacial score (nSPS) is 12.6. The summed E-state index contributed by atoms with van der Waals surface area (Å²) in [6, 6.07) is 12.0. The van der Waals surface area contributed by atoms with E-state index in [-0.39, 0.29) is 24.0 Å². The summed E-state index contributed by atoms with van der Waals surface area (Å²) in [4.78, 5) is 17.8. The molecule has 0 saturated heterocycles. The Labute approximate surface area is 210 Å². The summed E-state index contributed by atoms with van der Waals surface area (Å²) in [5.41, 5.74) is 2.07. The molecule has 1 unspecified atom stereocenters. The summed E-state index contributed by atoms with van der Waals surface area (Å²) in [6.07, 6.45) is -0.216. The topological polar surface area (TPSA) is 96.7 Å². The van der Waals surface area contributed by atoms with Crippen molar-refractivity contribution in [1.82, 2.24) is 9.55 Å². The molecule has 0 aliphatic rings. The van der Waals surface area contributed by atoms with Gasteiger partial charge in [0.25, 0.3) is 10.1 Å². The fourth-order valence-corrected chi connectivity index (χ4v) is 4.71. The fraction of sp³-hybridized carbons (Fsp3) is 0.360. The zero-order valence-electron chi connectivity index (χ0n) is 20.5. The van der Waals surface area contributed by atoms with Gasteiger partial charge in [-0.3, -0.25) is 4.18 Å². The summed E-state index contributed by atoms with van der Waals surface area (Å²) in [7, 11) is -2.42. The molecule has 188 valence electrons. The molecule has 0 saturated carbocycles. The van der Waals surface area contributed by atoms with Crippen LogP contribution in [-0.2, 0) is 19.0 Å². The smallest absolute Gasteiger partial charge is 0.358 e. The Hall–Kier alpha value is -2.88. The van der Waals surface area contributed by atoms with Gasteiger partial charge >= 0.3 is 5.97 Å². The van der Waals surface area contributed by atoms with Crippen molar-refractivity contribution in [3.63, 3.8) is 0 Å². The maximum absolute atomic E-state index is 13.1. The summed E-state index contributed by atoms with van der Waals surface area (Å²) in [5, 5.41) is 0.488. The van der Waals surface area contributed by atoms with Crippen molar-refractivity contribution in [2.45, 2.75) is 39.8 Å². The van der Waals surface area contributed by atoms with Gasteiger partial charge in [0.2, 0.25) is 0 Å². The van der Waals surface area contributed by atoms with E-state index in [1.807, 2.05) is 32.0 Å². The fourth-order valence-electron chi connectivity index (χ4n) is 3.94. The van der Waals surface area contributed by atoms with Gasteiger partial charge in [-0.2, -0.15) is 8.42 Å². The van der Waals surface area contributed by atoms with Crippen LogP contribution in [-0.4, -0.2) is 43.9 Å². The monoisotopic (exact) mass is 520 g/mol. The Kier molecular flexibility index (Phi) is 8.25. The number of esters is 1. The van der Waals surface area contributed by atoms with Gasteiger partial charge in [0.15, 0.2) is 5.69 Å². The molecule has 0 aliphatic heterocycles. The number of nitrogens with zero attached hydrogens (tertiary/aromatic N) is 2. The second-order valence-corrected chi connectivity index (χ2v) is 10.3.